The van der Waals surface area contributed by atoms with Crippen LogP contribution in [0.5, 0.6) is 17.2 Å². The molecular weight excluding hydrogens is 386 g/mol. The number of benzene rings is 1. The standard InChI is InChI=1S/C23H21NO6/c1-11(2)3-4-14-13-5-6-24-9-15(13)23-19(20(14)27)21(28)16(10-30-23)12-7-17(25)22(29)18(26)8-12/h3,5-10,14,23,25-26,28-29H,4H2,1-2H3. The van der Waals surface area contributed by atoms with Crippen molar-refractivity contribution in [3.8, 4) is 17.2 Å². The second kappa shape index (κ2) is 7.26. The Bertz CT molecular complexity index is 1120. The largest absolute Gasteiger partial charge is 0.507 e. The van der Waals surface area contributed by atoms with Gasteiger partial charge in [-0.05, 0) is 49.6 Å². The average molecular weight is 407 g/mol. The molecule has 7 nitrogen and oxygen atoms in total. The molecule has 4 N–H and O–H groups in total. The van der Waals surface area contributed by atoms with E-state index in [0.717, 1.165) is 11.1 Å². The molecule has 2 aliphatic rings. The predicted octanol–water partition coefficient (Wildman–Crippen LogP) is 4.15. The van der Waals surface area contributed by atoms with Gasteiger partial charge in [0.25, 0.3) is 0 Å². The lowest BCUT2D eigenvalue weighted by Gasteiger charge is -2.34. The Hall–Kier alpha value is -3.74. The van der Waals surface area contributed by atoms with Gasteiger partial charge in [-0.15, -0.1) is 0 Å². The Labute approximate surface area is 172 Å². The summed E-state index contributed by atoms with van der Waals surface area (Å²) in [4.78, 5) is 17.6. The summed E-state index contributed by atoms with van der Waals surface area (Å²) < 4.78 is 5.82. The summed E-state index contributed by atoms with van der Waals surface area (Å²) in [5.74, 6) is -2.83. The minimum Gasteiger partial charge on any atom is -0.507 e. The first-order valence-electron chi connectivity index (χ1n) is 9.45. The molecule has 0 fully saturated rings. The number of carbonyl (C=O) groups is 1. The Kier molecular flexibility index (Phi) is 4.73. The highest BCUT2D eigenvalue weighted by atomic mass is 16.5. The van der Waals surface area contributed by atoms with Crippen molar-refractivity contribution < 1.29 is 30.0 Å². The monoisotopic (exact) mass is 407 g/mol. The number of aliphatic hydroxyl groups is 1. The Morgan fingerprint density at radius 1 is 1.13 bits per heavy atom. The van der Waals surface area contributed by atoms with E-state index in [2.05, 4.69) is 4.98 Å². The number of ether oxygens (including phenoxy) is 1. The van der Waals surface area contributed by atoms with Gasteiger partial charge in [-0.25, -0.2) is 0 Å². The fourth-order valence-corrected chi connectivity index (χ4v) is 3.84. The lowest BCUT2D eigenvalue weighted by Crippen LogP contribution is -2.30. The molecule has 1 aliphatic heterocycles. The van der Waals surface area contributed by atoms with Crippen LogP contribution in [0.15, 0.2) is 59.8 Å². The fourth-order valence-electron chi connectivity index (χ4n) is 3.84. The highest BCUT2D eigenvalue weighted by Crippen LogP contribution is 2.48. The SMILES string of the molecule is CC(C)=CCC1C(=O)C2=C(O)C(c3cc(O)c(O)c(O)c3)=COC2c2cnccc21. The van der Waals surface area contributed by atoms with Gasteiger partial charge in [0.15, 0.2) is 29.1 Å². The van der Waals surface area contributed by atoms with Gasteiger partial charge in [0, 0.05) is 18.0 Å². The third kappa shape index (κ3) is 3.08. The number of rotatable bonds is 3. The van der Waals surface area contributed by atoms with Crippen LogP contribution in [0.25, 0.3) is 5.57 Å². The molecule has 0 bridgehead atoms. The lowest BCUT2D eigenvalue weighted by molar-refractivity contribution is -0.119. The zero-order valence-corrected chi connectivity index (χ0v) is 16.5. The third-order valence-corrected chi connectivity index (χ3v) is 5.36. The minimum atomic E-state index is -0.799. The molecule has 7 heteroatoms. The van der Waals surface area contributed by atoms with Gasteiger partial charge in [0.05, 0.1) is 23.3 Å². The molecule has 154 valence electrons. The number of hydrogen-bond donors (Lipinski definition) is 4. The summed E-state index contributed by atoms with van der Waals surface area (Å²) in [5.41, 5.74) is 3.01. The molecular formula is C23H21NO6. The first kappa shape index (κ1) is 19.6. The number of ketones is 1. The summed E-state index contributed by atoms with van der Waals surface area (Å²) in [7, 11) is 0. The number of aliphatic hydroxyl groups excluding tert-OH is 1. The molecule has 1 aromatic heterocycles. The molecule has 30 heavy (non-hydrogen) atoms. The second-order valence-corrected chi connectivity index (χ2v) is 7.61. The Morgan fingerprint density at radius 2 is 1.83 bits per heavy atom. The number of allylic oxidation sites excluding steroid dienone is 3. The first-order chi connectivity index (χ1) is 14.3. The number of aromatic nitrogens is 1. The molecule has 0 saturated heterocycles. The topological polar surface area (TPSA) is 120 Å². The van der Waals surface area contributed by atoms with E-state index in [4.69, 9.17) is 4.74 Å². The van der Waals surface area contributed by atoms with Crippen molar-refractivity contribution in [3.63, 3.8) is 0 Å². The second-order valence-electron chi connectivity index (χ2n) is 7.61. The number of pyridine rings is 1. The summed E-state index contributed by atoms with van der Waals surface area (Å²) >= 11 is 0. The molecule has 0 saturated carbocycles. The molecule has 2 aromatic rings. The number of phenolic OH excluding ortho intramolecular Hbond substituents is 3. The summed E-state index contributed by atoms with van der Waals surface area (Å²) in [6.45, 7) is 3.91. The van der Waals surface area contributed by atoms with Gasteiger partial charge in [0.1, 0.15) is 5.76 Å². The maximum atomic E-state index is 13.4. The van der Waals surface area contributed by atoms with Crippen molar-refractivity contribution in [1.82, 2.24) is 4.98 Å². The summed E-state index contributed by atoms with van der Waals surface area (Å²) in [6.07, 6.45) is 6.18. The van der Waals surface area contributed by atoms with Gasteiger partial charge in [-0.1, -0.05) is 11.6 Å². The van der Waals surface area contributed by atoms with Gasteiger partial charge in [-0.2, -0.15) is 0 Å². The van der Waals surface area contributed by atoms with E-state index >= 15 is 0 Å². The number of phenols is 3. The van der Waals surface area contributed by atoms with E-state index in [1.807, 2.05) is 19.9 Å². The quantitative estimate of drug-likeness (QED) is 0.446. The molecule has 2 unspecified atom stereocenters. The molecule has 4 rings (SSSR count). The van der Waals surface area contributed by atoms with Crippen LogP contribution in [-0.4, -0.2) is 31.2 Å². The normalized spacial score (nSPS) is 20.1. The smallest absolute Gasteiger partial charge is 0.200 e. The molecule has 0 amide bonds. The van der Waals surface area contributed by atoms with E-state index in [0.29, 0.717) is 12.0 Å². The summed E-state index contributed by atoms with van der Waals surface area (Å²) in [5, 5.41) is 40.2. The molecule has 2 heterocycles. The number of nitrogens with zero attached hydrogens (tertiary/aromatic N) is 1. The molecule has 1 aliphatic carbocycles. The van der Waals surface area contributed by atoms with Crippen LogP contribution in [0.4, 0.5) is 0 Å². The van der Waals surface area contributed by atoms with E-state index in [-0.39, 0.29) is 28.3 Å². The minimum absolute atomic E-state index is 0.104. The molecule has 0 radical (unpaired) electrons. The van der Waals surface area contributed by atoms with Gasteiger partial charge in [-0.3, -0.25) is 9.78 Å². The van der Waals surface area contributed by atoms with Crippen molar-refractivity contribution in [1.29, 1.82) is 0 Å². The first-order valence-corrected chi connectivity index (χ1v) is 9.45. The lowest BCUT2D eigenvalue weighted by atomic mass is 9.74. The number of fused-ring (bicyclic) bond motifs is 3. The van der Waals surface area contributed by atoms with Crippen molar-refractivity contribution in [2.45, 2.75) is 32.3 Å². The molecule has 1 aromatic carbocycles. The average Bonchev–Trinajstić information content (AvgIpc) is 2.71. The van der Waals surface area contributed by atoms with Crippen LogP contribution >= 0.6 is 0 Å². The van der Waals surface area contributed by atoms with Crippen molar-refractivity contribution >= 4 is 11.4 Å². The molecule has 0 spiro atoms. The van der Waals surface area contributed by atoms with Crippen LogP contribution in [0.1, 0.15) is 49.0 Å². The highest BCUT2D eigenvalue weighted by molar-refractivity contribution is 6.06. The number of Topliss-reactive ketones (excluding diaryl/α,β-unsaturated/α-hetero) is 1. The van der Waals surface area contributed by atoms with Gasteiger partial charge >= 0.3 is 0 Å². The van der Waals surface area contributed by atoms with Crippen molar-refractivity contribution in [2.24, 2.45) is 0 Å². The van der Waals surface area contributed by atoms with Crippen molar-refractivity contribution in [2.75, 3.05) is 0 Å². The fraction of sp³-hybridized carbons (Fsp3) is 0.217. The number of hydrogen-bond acceptors (Lipinski definition) is 7. The Balaban J connectivity index is 1.85. The van der Waals surface area contributed by atoms with Crippen LogP contribution in [-0.2, 0) is 9.53 Å². The Morgan fingerprint density at radius 3 is 2.50 bits per heavy atom. The maximum absolute atomic E-state index is 13.4. The molecule has 2 atom stereocenters. The number of aromatic hydroxyl groups is 3. The van der Waals surface area contributed by atoms with Crippen LogP contribution < -0.4 is 0 Å². The van der Waals surface area contributed by atoms with E-state index in [9.17, 15) is 25.2 Å². The zero-order valence-electron chi connectivity index (χ0n) is 16.5. The van der Waals surface area contributed by atoms with Crippen LogP contribution in [0.2, 0.25) is 0 Å². The van der Waals surface area contributed by atoms with Crippen LogP contribution in [0, 0.1) is 0 Å². The predicted molar refractivity (Wildman–Crippen MR) is 109 cm³/mol. The van der Waals surface area contributed by atoms with Crippen molar-refractivity contribution in [3.05, 3.63) is 76.5 Å². The van der Waals surface area contributed by atoms with Crippen LogP contribution in [0.3, 0.4) is 0 Å². The number of carbonyl (C=O) groups excluding carboxylic acids is 1. The maximum Gasteiger partial charge on any atom is 0.200 e. The third-order valence-electron chi connectivity index (χ3n) is 5.36. The van der Waals surface area contributed by atoms with Gasteiger partial charge in [0.2, 0.25) is 0 Å². The highest BCUT2D eigenvalue weighted by Gasteiger charge is 2.43. The van der Waals surface area contributed by atoms with E-state index in [1.165, 1.54) is 18.4 Å². The van der Waals surface area contributed by atoms with E-state index < -0.39 is 29.3 Å². The van der Waals surface area contributed by atoms with Gasteiger partial charge < -0.3 is 25.2 Å². The van der Waals surface area contributed by atoms with E-state index in [1.54, 1.807) is 18.5 Å². The zero-order chi connectivity index (χ0) is 21.6. The summed E-state index contributed by atoms with van der Waals surface area (Å²) in [6, 6.07) is 4.14.